The fourth-order valence-corrected chi connectivity index (χ4v) is 1.67. The minimum absolute atomic E-state index is 0.250. The zero-order chi connectivity index (χ0) is 14.8. The van der Waals surface area contributed by atoms with Crippen LogP contribution < -0.4 is 5.32 Å². The van der Waals surface area contributed by atoms with Gasteiger partial charge in [-0.15, -0.1) is 0 Å². The molecule has 1 aromatic rings. The summed E-state index contributed by atoms with van der Waals surface area (Å²) in [6, 6.07) is 1.86. The standard InChI is InChI=1S/C10H6BrF6NO/c11-6-3-1-2-5(4-6)7(9(12,13)14)18-8(19)10(15,16)17/h1-4,7H,(H,18,19). The highest BCUT2D eigenvalue weighted by Gasteiger charge is 2.47. The van der Waals surface area contributed by atoms with Crippen molar-refractivity contribution in [1.82, 2.24) is 5.32 Å². The minimum atomic E-state index is -5.38. The van der Waals surface area contributed by atoms with Gasteiger partial charge < -0.3 is 5.32 Å². The predicted octanol–water partition coefficient (Wildman–Crippen LogP) is 3.73. The van der Waals surface area contributed by atoms with Crippen molar-refractivity contribution in [3.05, 3.63) is 34.3 Å². The molecule has 0 heterocycles. The van der Waals surface area contributed by atoms with Gasteiger partial charge in [-0.25, -0.2) is 0 Å². The molecule has 1 aromatic carbocycles. The molecule has 0 bridgehead atoms. The maximum atomic E-state index is 12.7. The molecule has 0 aliphatic carbocycles. The number of halogens is 7. The van der Waals surface area contributed by atoms with E-state index in [0.29, 0.717) is 0 Å². The number of amides is 1. The summed E-state index contributed by atoms with van der Waals surface area (Å²) in [6.45, 7) is 0. The molecule has 9 heteroatoms. The van der Waals surface area contributed by atoms with Gasteiger partial charge in [0.25, 0.3) is 0 Å². The van der Waals surface area contributed by atoms with Gasteiger partial charge in [0, 0.05) is 4.47 Å². The molecule has 0 aromatic heterocycles. The fourth-order valence-electron chi connectivity index (χ4n) is 1.25. The molecule has 1 atom stereocenters. The van der Waals surface area contributed by atoms with Crippen LogP contribution in [0.15, 0.2) is 28.7 Å². The van der Waals surface area contributed by atoms with Crippen LogP contribution in [0.25, 0.3) is 0 Å². The predicted molar refractivity (Wildman–Crippen MR) is 57.1 cm³/mol. The smallest absolute Gasteiger partial charge is 0.333 e. The molecule has 1 amide bonds. The van der Waals surface area contributed by atoms with E-state index in [1.807, 2.05) is 0 Å². The molecular weight excluding hydrogens is 344 g/mol. The highest BCUT2D eigenvalue weighted by atomic mass is 79.9. The molecule has 1 rings (SSSR count). The van der Waals surface area contributed by atoms with Gasteiger partial charge in [-0.2, -0.15) is 26.3 Å². The monoisotopic (exact) mass is 349 g/mol. The van der Waals surface area contributed by atoms with Crippen LogP contribution in [0.5, 0.6) is 0 Å². The summed E-state index contributed by atoms with van der Waals surface area (Å²) in [5, 5.41) is 0.931. The number of alkyl halides is 6. The third-order valence-corrected chi connectivity index (χ3v) is 2.54. The Labute approximate surface area is 111 Å². The van der Waals surface area contributed by atoms with Crippen LogP contribution >= 0.6 is 15.9 Å². The van der Waals surface area contributed by atoms with E-state index in [0.717, 1.165) is 17.4 Å². The van der Waals surface area contributed by atoms with Crippen molar-refractivity contribution in [3.8, 4) is 0 Å². The zero-order valence-corrected chi connectivity index (χ0v) is 10.5. The van der Waals surface area contributed by atoms with Crippen LogP contribution in [-0.4, -0.2) is 18.3 Å². The maximum absolute atomic E-state index is 12.7. The Hall–Kier alpha value is -1.25. The number of nitrogens with one attached hydrogen (secondary N) is 1. The molecule has 0 saturated carbocycles. The van der Waals surface area contributed by atoms with Gasteiger partial charge in [0.2, 0.25) is 0 Å². The molecule has 0 aliphatic rings. The Morgan fingerprint density at radius 1 is 1.16 bits per heavy atom. The number of hydrogen-bond donors (Lipinski definition) is 1. The highest BCUT2D eigenvalue weighted by Crippen LogP contribution is 2.34. The lowest BCUT2D eigenvalue weighted by Crippen LogP contribution is -2.44. The normalized spacial score (nSPS) is 14.1. The van der Waals surface area contributed by atoms with Crippen molar-refractivity contribution in [2.24, 2.45) is 0 Å². The Morgan fingerprint density at radius 3 is 2.16 bits per heavy atom. The molecule has 19 heavy (non-hydrogen) atoms. The van der Waals surface area contributed by atoms with Gasteiger partial charge >= 0.3 is 18.3 Å². The number of carbonyl (C=O) groups is 1. The van der Waals surface area contributed by atoms with E-state index in [2.05, 4.69) is 15.9 Å². The number of carbonyl (C=O) groups excluding carboxylic acids is 1. The van der Waals surface area contributed by atoms with Crippen molar-refractivity contribution < 1.29 is 31.1 Å². The second kappa shape index (κ2) is 5.40. The Bertz CT molecular complexity index is 470. The molecule has 1 unspecified atom stereocenters. The first kappa shape index (κ1) is 15.8. The first-order chi connectivity index (χ1) is 8.51. The van der Waals surface area contributed by atoms with Crippen molar-refractivity contribution in [1.29, 1.82) is 0 Å². The molecular formula is C10H6BrF6NO. The molecule has 2 nitrogen and oxygen atoms in total. The second-order valence-corrected chi connectivity index (χ2v) is 4.42. The van der Waals surface area contributed by atoms with Crippen molar-refractivity contribution in [2.45, 2.75) is 18.4 Å². The molecule has 1 N–H and O–H groups in total. The van der Waals surface area contributed by atoms with Crippen molar-refractivity contribution >= 4 is 21.8 Å². The average Bonchev–Trinajstić information content (AvgIpc) is 2.22. The topological polar surface area (TPSA) is 29.1 Å². The van der Waals surface area contributed by atoms with E-state index in [-0.39, 0.29) is 4.47 Å². The Kier molecular flexibility index (Phi) is 4.49. The molecule has 0 fully saturated rings. The summed E-state index contributed by atoms with van der Waals surface area (Å²) in [6.07, 6.45) is -10.4. The maximum Gasteiger partial charge on any atom is 0.471 e. The second-order valence-electron chi connectivity index (χ2n) is 3.50. The SMILES string of the molecule is O=C(NC(c1cccc(Br)c1)C(F)(F)F)C(F)(F)F. The van der Waals surface area contributed by atoms with Gasteiger partial charge in [-0.05, 0) is 17.7 Å². The Balaban J connectivity index is 3.08. The van der Waals surface area contributed by atoms with Crippen LogP contribution in [0, 0.1) is 0 Å². The molecule has 0 radical (unpaired) electrons. The number of rotatable bonds is 2. The zero-order valence-electron chi connectivity index (χ0n) is 8.94. The van der Waals surface area contributed by atoms with Crippen LogP contribution in [0.1, 0.15) is 11.6 Å². The van der Waals surface area contributed by atoms with E-state index < -0.39 is 29.9 Å². The van der Waals surface area contributed by atoms with Crippen LogP contribution in [0.3, 0.4) is 0 Å². The summed E-state index contributed by atoms with van der Waals surface area (Å²) in [5.41, 5.74) is -0.500. The van der Waals surface area contributed by atoms with Gasteiger partial charge in [0.15, 0.2) is 6.04 Å². The van der Waals surface area contributed by atoms with E-state index in [1.165, 1.54) is 12.1 Å². The lowest BCUT2D eigenvalue weighted by Gasteiger charge is -2.22. The first-order valence-electron chi connectivity index (χ1n) is 4.71. The number of hydrogen-bond acceptors (Lipinski definition) is 1. The van der Waals surface area contributed by atoms with Crippen LogP contribution in [0.4, 0.5) is 26.3 Å². The molecule has 0 saturated heterocycles. The first-order valence-corrected chi connectivity index (χ1v) is 5.51. The van der Waals surface area contributed by atoms with E-state index in [4.69, 9.17) is 0 Å². The van der Waals surface area contributed by atoms with Gasteiger partial charge in [0.05, 0.1) is 0 Å². The average molecular weight is 350 g/mol. The molecule has 0 aliphatic heterocycles. The van der Waals surface area contributed by atoms with E-state index in [1.54, 1.807) is 0 Å². The summed E-state index contributed by atoms with van der Waals surface area (Å²) >= 11 is 2.90. The van der Waals surface area contributed by atoms with E-state index >= 15 is 0 Å². The Morgan fingerprint density at radius 2 is 1.74 bits per heavy atom. The lowest BCUT2D eigenvalue weighted by molar-refractivity contribution is -0.188. The van der Waals surface area contributed by atoms with Gasteiger partial charge in [-0.3, -0.25) is 4.79 Å². The minimum Gasteiger partial charge on any atom is -0.333 e. The quantitative estimate of drug-likeness (QED) is 0.810. The fraction of sp³-hybridized carbons (Fsp3) is 0.300. The van der Waals surface area contributed by atoms with E-state index in [9.17, 15) is 31.1 Å². The van der Waals surface area contributed by atoms with Crippen molar-refractivity contribution in [3.63, 3.8) is 0 Å². The largest absolute Gasteiger partial charge is 0.471 e. The van der Waals surface area contributed by atoms with Gasteiger partial charge in [-0.1, -0.05) is 28.1 Å². The molecule has 0 spiro atoms. The third-order valence-electron chi connectivity index (χ3n) is 2.04. The highest BCUT2D eigenvalue weighted by molar-refractivity contribution is 9.10. The van der Waals surface area contributed by atoms with Crippen molar-refractivity contribution in [2.75, 3.05) is 0 Å². The summed E-state index contributed by atoms with van der Waals surface area (Å²) < 4.78 is 74.3. The summed E-state index contributed by atoms with van der Waals surface area (Å²) in [4.78, 5) is 10.6. The van der Waals surface area contributed by atoms with Crippen LogP contribution in [0.2, 0.25) is 0 Å². The third kappa shape index (κ3) is 4.41. The number of benzene rings is 1. The van der Waals surface area contributed by atoms with Crippen LogP contribution in [-0.2, 0) is 4.79 Å². The lowest BCUT2D eigenvalue weighted by atomic mass is 10.1. The summed E-state index contributed by atoms with van der Waals surface area (Å²) in [5.74, 6) is -2.64. The molecule has 106 valence electrons. The summed E-state index contributed by atoms with van der Waals surface area (Å²) in [7, 11) is 0. The van der Waals surface area contributed by atoms with Gasteiger partial charge in [0.1, 0.15) is 0 Å².